The Morgan fingerprint density at radius 2 is 1.80 bits per heavy atom. The molecule has 5 heteroatoms. The largest absolute Gasteiger partial charge is 0.320 e. The summed E-state index contributed by atoms with van der Waals surface area (Å²) in [5.74, 6) is 0.104. The van der Waals surface area contributed by atoms with E-state index in [9.17, 15) is 4.79 Å². The summed E-state index contributed by atoms with van der Waals surface area (Å²) in [6.07, 6.45) is 0. The molecule has 0 aromatic rings. The Bertz CT molecular complexity index is 211. The summed E-state index contributed by atoms with van der Waals surface area (Å²) < 4.78 is 0. The van der Waals surface area contributed by atoms with Crippen molar-refractivity contribution in [2.24, 2.45) is 11.7 Å². The molecule has 1 rings (SSSR count). The molecule has 1 aliphatic heterocycles. The lowest BCUT2D eigenvalue weighted by molar-refractivity contribution is -0.128. The van der Waals surface area contributed by atoms with Crippen molar-refractivity contribution in [2.75, 3.05) is 33.2 Å². The molecule has 0 saturated carbocycles. The molecular formula is C10H22N4O. The van der Waals surface area contributed by atoms with E-state index < -0.39 is 6.04 Å². The molecule has 0 aliphatic carbocycles. The molecule has 15 heavy (non-hydrogen) atoms. The highest BCUT2D eigenvalue weighted by molar-refractivity contribution is 5.81. The number of carbonyl (C=O) groups excluding carboxylic acids is 1. The Morgan fingerprint density at radius 1 is 1.27 bits per heavy atom. The summed E-state index contributed by atoms with van der Waals surface area (Å²) in [4.78, 5) is 13.9. The van der Waals surface area contributed by atoms with Crippen molar-refractivity contribution in [1.29, 1.82) is 0 Å². The van der Waals surface area contributed by atoms with Crippen LogP contribution in [0.2, 0.25) is 0 Å². The third kappa shape index (κ3) is 3.77. The maximum atomic E-state index is 11.6. The molecule has 1 fully saturated rings. The molecule has 1 amide bonds. The standard InChI is InChI=1S/C10H22N4O/c1-8(2)9(11)10(15)12-14-6-4-13(3)5-7-14/h8-9H,4-7,11H2,1-3H3,(H,12,15). The maximum absolute atomic E-state index is 11.6. The van der Waals surface area contributed by atoms with Crippen LogP contribution in [-0.2, 0) is 4.79 Å². The Balaban J connectivity index is 2.32. The first-order valence-corrected chi connectivity index (χ1v) is 5.50. The SMILES string of the molecule is CC(C)C(N)C(=O)NN1CCN(C)CC1. The zero-order chi connectivity index (χ0) is 11.4. The monoisotopic (exact) mass is 214 g/mol. The highest BCUT2D eigenvalue weighted by atomic mass is 16.2. The molecule has 5 nitrogen and oxygen atoms in total. The second kappa shape index (κ2) is 5.44. The highest BCUT2D eigenvalue weighted by Crippen LogP contribution is 2.00. The zero-order valence-electron chi connectivity index (χ0n) is 9.86. The molecule has 1 saturated heterocycles. The molecule has 0 radical (unpaired) electrons. The fraction of sp³-hybridized carbons (Fsp3) is 0.900. The van der Waals surface area contributed by atoms with Crippen molar-refractivity contribution in [3.63, 3.8) is 0 Å². The Labute approximate surface area is 91.6 Å². The Morgan fingerprint density at radius 3 is 2.27 bits per heavy atom. The number of rotatable bonds is 3. The van der Waals surface area contributed by atoms with Gasteiger partial charge in [0.2, 0.25) is 0 Å². The predicted octanol–water partition coefficient (Wildman–Crippen LogP) is -0.752. The van der Waals surface area contributed by atoms with Gasteiger partial charge < -0.3 is 10.6 Å². The minimum atomic E-state index is -0.412. The third-order valence-corrected chi connectivity index (χ3v) is 2.79. The van der Waals surface area contributed by atoms with E-state index in [0.717, 1.165) is 26.2 Å². The van der Waals surface area contributed by atoms with Crippen LogP contribution in [0.1, 0.15) is 13.8 Å². The molecule has 3 N–H and O–H groups in total. The molecule has 0 bridgehead atoms. The molecular weight excluding hydrogens is 192 g/mol. The summed E-state index contributed by atoms with van der Waals surface area (Å²) in [5, 5.41) is 1.95. The van der Waals surface area contributed by atoms with Crippen molar-refractivity contribution < 1.29 is 4.79 Å². The summed E-state index contributed by atoms with van der Waals surface area (Å²) in [6, 6.07) is -0.412. The summed E-state index contributed by atoms with van der Waals surface area (Å²) in [6.45, 7) is 7.61. The molecule has 1 atom stereocenters. The second-order valence-corrected chi connectivity index (χ2v) is 4.54. The van der Waals surface area contributed by atoms with Gasteiger partial charge in [-0.25, -0.2) is 5.01 Å². The molecule has 88 valence electrons. The van der Waals surface area contributed by atoms with Crippen molar-refractivity contribution in [2.45, 2.75) is 19.9 Å². The topological polar surface area (TPSA) is 61.6 Å². The summed E-state index contributed by atoms with van der Waals surface area (Å²) in [7, 11) is 2.08. The van der Waals surface area contributed by atoms with E-state index in [1.165, 1.54) is 0 Å². The van der Waals surface area contributed by atoms with Gasteiger partial charge in [-0.05, 0) is 13.0 Å². The van der Waals surface area contributed by atoms with Crippen LogP contribution in [0.15, 0.2) is 0 Å². The first-order chi connectivity index (χ1) is 7.00. The number of hydrazine groups is 1. The number of hydrogen-bond donors (Lipinski definition) is 2. The molecule has 1 heterocycles. The van der Waals surface area contributed by atoms with Gasteiger partial charge in [0.05, 0.1) is 6.04 Å². The molecule has 0 spiro atoms. The third-order valence-electron chi connectivity index (χ3n) is 2.79. The zero-order valence-corrected chi connectivity index (χ0v) is 9.86. The average molecular weight is 214 g/mol. The molecule has 0 aromatic carbocycles. The Kier molecular flexibility index (Phi) is 4.50. The van der Waals surface area contributed by atoms with Crippen LogP contribution in [-0.4, -0.2) is 55.1 Å². The number of nitrogens with two attached hydrogens (primary N) is 1. The number of nitrogens with one attached hydrogen (secondary N) is 1. The van der Waals surface area contributed by atoms with Crippen LogP contribution in [0.5, 0.6) is 0 Å². The second-order valence-electron chi connectivity index (χ2n) is 4.54. The van der Waals surface area contributed by atoms with Crippen molar-refractivity contribution in [3.8, 4) is 0 Å². The van der Waals surface area contributed by atoms with Gasteiger partial charge in [-0.2, -0.15) is 0 Å². The van der Waals surface area contributed by atoms with E-state index in [1.54, 1.807) is 0 Å². The molecule has 1 aliphatic rings. The van der Waals surface area contributed by atoms with Crippen LogP contribution >= 0.6 is 0 Å². The van der Waals surface area contributed by atoms with Crippen molar-refractivity contribution in [1.82, 2.24) is 15.3 Å². The van der Waals surface area contributed by atoms with Gasteiger partial charge >= 0.3 is 0 Å². The normalized spacial score (nSPS) is 21.7. The fourth-order valence-corrected chi connectivity index (χ4v) is 1.45. The van der Waals surface area contributed by atoms with E-state index in [4.69, 9.17) is 5.73 Å². The number of hydrogen-bond acceptors (Lipinski definition) is 4. The van der Waals surface area contributed by atoms with E-state index in [2.05, 4.69) is 17.4 Å². The quantitative estimate of drug-likeness (QED) is 0.649. The summed E-state index contributed by atoms with van der Waals surface area (Å²) >= 11 is 0. The number of likely N-dealkylation sites (N-methyl/N-ethyl adjacent to an activating group) is 1. The van der Waals surface area contributed by atoms with Crippen LogP contribution in [0.3, 0.4) is 0 Å². The van der Waals surface area contributed by atoms with Gasteiger partial charge in [-0.1, -0.05) is 13.8 Å². The van der Waals surface area contributed by atoms with Crippen molar-refractivity contribution >= 4 is 5.91 Å². The first-order valence-electron chi connectivity index (χ1n) is 5.50. The lowest BCUT2D eigenvalue weighted by Gasteiger charge is -2.33. The van der Waals surface area contributed by atoms with Crippen LogP contribution < -0.4 is 11.2 Å². The summed E-state index contributed by atoms with van der Waals surface area (Å²) in [5.41, 5.74) is 8.62. The van der Waals surface area contributed by atoms with E-state index >= 15 is 0 Å². The van der Waals surface area contributed by atoms with Gasteiger partial charge in [-0.3, -0.25) is 10.2 Å². The van der Waals surface area contributed by atoms with Gasteiger partial charge in [0.25, 0.3) is 5.91 Å². The number of carbonyl (C=O) groups is 1. The van der Waals surface area contributed by atoms with E-state index in [0.29, 0.717) is 0 Å². The van der Waals surface area contributed by atoms with Crippen molar-refractivity contribution in [3.05, 3.63) is 0 Å². The lowest BCUT2D eigenvalue weighted by Crippen LogP contribution is -2.56. The number of amides is 1. The van der Waals surface area contributed by atoms with Crippen LogP contribution in [0, 0.1) is 5.92 Å². The van der Waals surface area contributed by atoms with Gasteiger partial charge in [0.15, 0.2) is 0 Å². The highest BCUT2D eigenvalue weighted by Gasteiger charge is 2.21. The molecule has 1 unspecified atom stereocenters. The fourth-order valence-electron chi connectivity index (χ4n) is 1.45. The predicted molar refractivity (Wildman–Crippen MR) is 60.0 cm³/mol. The van der Waals surface area contributed by atoms with E-state index in [-0.39, 0.29) is 11.8 Å². The average Bonchev–Trinajstić information content (AvgIpc) is 2.20. The minimum absolute atomic E-state index is 0.0745. The van der Waals surface area contributed by atoms with Gasteiger partial charge in [0, 0.05) is 26.2 Å². The minimum Gasteiger partial charge on any atom is -0.320 e. The maximum Gasteiger partial charge on any atom is 0.251 e. The number of nitrogens with zero attached hydrogens (tertiary/aromatic N) is 2. The van der Waals surface area contributed by atoms with Gasteiger partial charge in [-0.15, -0.1) is 0 Å². The first kappa shape index (κ1) is 12.4. The Hall–Kier alpha value is -0.650. The molecule has 0 aromatic heterocycles. The lowest BCUT2D eigenvalue weighted by atomic mass is 10.1. The van der Waals surface area contributed by atoms with Crippen LogP contribution in [0.25, 0.3) is 0 Å². The smallest absolute Gasteiger partial charge is 0.251 e. The van der Waals surface area contributed by atoms with E-state index in [1.807, 2.05) is 18.9 Å². The van der Waals surface area contributed by atoms with Crippen LogP contribution in [0.4, 0.5) is 0 Å². The van der Waals surface area contributed by atoms with Gasteiger partial charge in [0.1, 0.15) is 0 Å². The number of piperazine rings is 1.